The molecule has 1 saturated carbocycles. The first-order chi connectivity index (χ1) is 15.5. The van der Waals surface area contributed by atoms with E-state index in [9.17, 15) is 14.4 Å². The average Bonchev–Trinajstić information content (AvgIpc) is 3.50. The molecule has 164 valence electrons. The fourth-order valence-electron chi connectivity index (χ4n) is 4.66. The van der Waals surface area contributed by atoms with Crippen molar-refractivity contribution in [2.45, 2.75) is 50.9 Å². The Kier molecular flexibility index (Phi) is 4.92. The topological polar surface area (TPSA) is 103 Å². The lowest BCUT2D eigenvalue weighted by molar-refractivity contribution is -0.201. The maximum atomic E-state index is 14.0. The van der Waals surface area contributed by atoms with Crippen LogP contribution in [0.5, 0.6) is 0 Å². The van der Waals surface area contributed by atoms with Gasteiger partial charge in [-0.15, -0.1) is 0 Å². The lowest BCUT2D eigenvalue weighted by atomic mass is 9.97. The van der Waals surface area contributed by atoms with Gasteiger partial charge < -0.3 is 19.0 Å². The van der Waals surface area contributed by atoms with Crippen LogP contribution in [-0.4, -0.2) is 38.0 Å². The minimum atomic E-state index is -2.15. The first kappa shape index (κ1) is 20.2. The fourth-order valence-corrected chi connectivity index (χ4v) is 4.66. The van der Waals surface area contributed by atoms with Crippen LogP contribution in [0.3, 0.4) is 0 Å². The first-order valence-corrected chi connectivity index (χ1v) is 10.7. The fraction of sp³-hybridized carbons (Fsp3) is 0.333. The van der Waals surface area contributed by atoms with Gasteiger partial charge >= 0.3 is 17.7 Å². The van der Waals surface area contributed by atoms with E-state index < -0.39 is 23.5 Å². The predicted octanol–water partition coefficient (Wildman–Crippen LogP) is 3.57. The summed E-state index contributed by atoms with van der Waals surface area (Å²) in [4.78, 5) is 45.9. The van der Waals surface area contributed by atoms with Gasteiger partial charge in [0, 0.05) is 41.0 Å². The summed E-state index contributed by atoms with van der Waals surface area (Å²) in [6.45, 7) is 1.78. The molecule has 0 spiro atoms. The highest BCUT2D eigenvalue weighted by molar-refractivity contribution is 6.13. The number of carbonyl (C=O) groups is 3. The zero-order chi connectivity index (χ0) is 22.3. The molecule has 8 heteroatoms. The molecule has 3 aromatic rings. The number of carbonyl (C=O) groups excluding carboxylic acids is 3. The van der Waals surface area contributed by atoms with Gasteiger partial charge in [-0.05, 0) is 25.8 Å². The van der Waals surface area contributed by atoms with Crippen molar-refractivity contribution in [3.63, 3.8) is 0 Å². The minimum absolute atomic E-state index is 0.191. The van der Waals surface area contributed by atoms with E-state index in [0.717, 1.165) is 48.7 Å². The zero-order valence-electron chi connectivity index (χ0n) is 17.7. The molecule has 32 heavy (non-hydrogen) atoms. The van der Waals surface area contributed by atoms with Crippen molar-refractivity contribution < 1.29 is 23.9 Å². The van der Waals surface area contributed by atoms with Gasteiger partial charge in [-0.2, -0.15) is 0 Å². The molecule has 0 amide bonds. The molecule has 1 aromatic carbocycles. The lowest BCUT2D eigenvalue weighted by Gasteiger charge is -2.29. The van der Waals surface area contributed by atoms with Crippen molar-refractivity contribution in [1.29, 1.82) is 0 Å². The standard InChI is InChI=1S/C24H23N3O5/c1-15-19(26-14-25-15)12-24(31-21(28)10-11-22(29)32-24)23(30)18-13-27(16-6-2-3-7-16)20-9-5-4-8-17(18)20/h4-5,8-11,13-14,16H,2-3,6-7,12H2,1H3,(H,25,26). The number of ketones is 1. The molecule has 0 atom stereocenters. The summed E-state index contributed by atoms with van der Waals surface area (Å²) in [7, 11) is 0. The van der Waals surface area contributed by atoms with Gasteiger partial charge in [0.1, 0.15) is 0 Å². The molecule has 0 bridgehead atoms. The summed E-state index contributed by atoms with van der Waals surface area (Å²) < 4.78 is 13.2. The van der Waals surface area contributed by atoms with Gasteiger partial charge in [-0.3, -0.25) is 4.79 Å². The summed E-state index contributed by atoms with van der Waals surface area (Å²) in [6, 6.07) is 7.92. The lowest BCUT2D eigenvalue weighted by Crippen LogP contribution is -2.48. The second-order valence-electron chi connectivity index (χ2n) is 8.31. The van der Waals surface area contributed by atoms with E-state index in [2.05, 4.69) is 14.5 Å². The van der Waals surface area contributed by atoms with Crippen molar-refractivity contribution in [3.8, 4) is 0 Å². The van der Waals surface area contributed by atoms with Crippen LogP contribution in [0.15, 0.2) is 48.9 Å². The Hall–Kier alpha value is -3.68. The normalized spacial score (nSPS) is 18.5. The molecular weight excluding hydrogens is 410 g/mol. The molecule has 1 N–H and O–H groups in total. The number of imidazole rings is 1. The number of ether oxygens (including phenoxy) is 2. The monoisotopic (exact) mass is 433 g/mol. The van der Waals surface area contributed by atoms with E-state index in [1.54, 1.807) is 6.92 Å². The Bertz CT molecular complexity index is 1230. The summed E-state index contributed by atoms with van der Waals surface area (Å²) >= 11 is 0. The third-order valence-corrected chi connectivity index (χ3v) is 6.27. The Morgan fingerprint density at radius 3 is 2.50 bits per heavy atom. The molecule has 2 aliphatic rings. The van der Waals surface area contributed by atoms with E-state index in [4.69, 9.17) is 9.47 Å². The number of aryl methyl sites for hydroxylation is 1. The molecular formula is C24H23N3O5. The first-order valence-electron chi connectivity index (χ1n) is 10.7. The van der Waals surface area contributed by atoms with Gasteiger partial charge in [0.05, 0.1) is 24.0 Å². The van der Waals surface area contributed by atoms with Crippen LogP contribution in [0.4, 0.5) is 0 Å². The van der Waals surface area contributed by atoms with Crippen molar-refractivity contribution >= 4 is 28.6 Å². The van der Waals surface area contributed by atoms with Gasteiger partial charge in [-0.25, -0.2) is 14.6 Å². The zero-order valence-corrected chi connectivity index (χ0v) is 17.7. The highest BCUT2D eigenvalue weighted by Gasteiger charge is 2.49. The number of hydrogen-bond donors (Lipinski definition) is 1. The highest BCUT2D eigenvalue weighted by atomic mass is 16.7. The third-order valence-electron chi connectivity index (χ3n) is 6.27. The summed E-state index contributed by atoms with van der Waals surface area (Å²) in [5, 5.41) is 0.729. The number of fused-ring (bicyclic) bond motifs is 1. The second kappa shape index (κ2) is 7.78. The Labute approximate surface area is 184 Å². The summed E-state index contributed by atoms with van der Waals surface area (Å²) in [6.07, 6.45) is 9.40. The largest absolute Gasteiger partial charge is 0.411 e. The van der Waals surface area contributed by atoms with Crippen molar-refractivity contribution in [3.05, 3.63) is 65.9 Å². The van der Waals surface area contributed by atoms with E-state index in [1.165, 1.54) is 6.33 Å². The summed E-state index contributed by atoms with van der Waals surface area (Å²) in [5.74, 6) is -4.38. The van der Waals surface area contributed by atoms with E-state index in [1.807, 2.05) is 30.5 Å². The average molecular weight is 433 g/mol. The van der Waals surface area contributed by atoms with Crippen molar-refractivity contribution in [2.24, 2.45) is 0 Å². The SMILES string of the molecule is Cc1[nH]cnc1CC1(C(=O)c2cn(C3CCCC3)c3ccccc23)OC(=O)C=CC(=O)O1. The van der Waals surface area contributed by atoms with Crippen molar-refractivity contribution in [1.82, 2.24) is 14.5 Å². The number of rotatable bonds is 5. The Morgan fingerprint density at radius 2 is 1.84 bits per heavy atom. The number of nitrogens with one attached hydrogen (secondary N) is 1. The van der Waals surface area contributed by atoms with Crippen molar-refractivity contribution in [2.75, 3.05) is 0 Å². The number of nitrogens with zero attached hydrogens (tertiary/aromatic N) is 2. The highest BCUT2D eigenvalue weighted by Crippen LogP contribution is 2.37. The Balaban J connectivity index is 1.65. The molecule has 0 unspecified atom stereocenters. The van der Waals surface area contributed by atoms with Crippen LogP contribution in [0, 0.1) is 6.92 Å². The maximum absolute atomic E-state index is 14.0. The maximum Gasteiger partial charge on any atom is 0.334 e. The van der Waals surface area contributed by atoms with Gasteiger partial charge in [0.15, 0.2) is 0 Å². The van der Waals surface area contributed by atoms with E-state index >= 15 is 0 Å². The smallest absolute Gasteiger partial charge is 0.334 e. The van der Waals surface area contributed by atoms with Gasteiger partial charge in [-0.1, -0.05) is 31.0 Å². The molecule has 0 radical (unpaired) electrons. The molecule has 0 saturated heterocycles. The molecule has 8 nitrogen and oxygen atoms in total. The molecule has 1 aliphatic carbocycles. The number of aromatic nitrogens is 3. The van der Waals surface area contributed by atoms with E-state index in [0.29, 0.717) is 23.0 Å². The third kappa shape index (κ3) is 3.41. The molecule has 1 aliphatic heterocycles. The van der Waals surface area contributed by atoms with Gasteiger partial charge in [0.25, 0.3) is 0 Å². The van der Waals surface area contributed by atoms with Crippen LogP contribution in [0.1, 0.15) is 53.5 Å². The van der Waals surface area contributed by atoms with Gasteiger partial charge in [0.2, 0.25) is 5.78 Å². The number of benzene rings is 1. The van der Waals surface area contributed by atoms with Crippen LogP contribution >= 0.6 is 0 Å². The van der Waals surface area contributed by atoms with E-state index in [-0.39, 0.29) is 6.42 Å². The van der Waals surface area contributed by atoms with Crippen LogP contribution in [-0.2, 0) is 25.5 Å². The predicted molar refractivity (Wildman–Crippen MR) is 115 cm³/mol. The number of H-pyrrole nitrogens is 1. The molecule has 3 heterocycles. The summed E-state index contributed by atoms with van der Waals surface area (Å²) in [5.41, 5.74) is 2.44. The Morgan fingerprint density at radius 1 is 1.16 bits per heavy atom. The molecule has 2 aromatic heterocycles. The minimum Gasteiger partial charge on any atom is -0.411 e. The number of hydrogen-bond acceptors (Lipinski definition) is 6. The van der Waals surface area contributed by atoms with Crippen LogP contribution in [0.2, 0.25) is 0 Å². The van der Waals surface area contributed by atoms with Crippen LogP contribution < -0.4 is 0 Å². The number of para-hydroxylation sites is 1. The quantitative estimate of drug-likeness (QED) is 0.487. The number of cyclic esters (lactones) is 2. The number of esters is 2. The molecule has 5 rings (SSSR count). The number of Topliss-reactive ketones (excluding diaryl/α,β-unsaturated/α-hetero) is 1. The van der Waals surface area contributed by atoms with Crippen LogP contribution in [0.25, 0.3) is 10.9 Å². The second-order valence-corrected chi connectivity index (χ2v) is 8.31. The number of aromatic amines is 1. The molecule has 1 fully saturated rings.